The summed E-state index contributed by atoms with van der Waals surface area (Å²) < 4.78 is 5.47. The lowest BCUT2D eigenvalue weighted by Crippen LogP contribution is -2.51. The van der Waals surface area contributed by atoms with E-state index < -0.39 is 6.04 Å². The molecule has 0 aliphatic carbocycles. The predicted octanol–water partition coefficient (Wildman–Crippen LogP) is 4.45. The second-order valence-electron chi connectivity index (χ2n) is 8.99. The zero-order valence-corrected chi connectivity index (χ0v) is 19.6. The van der Waals surface area contributed by atoms with Crippen molar-refractivity contribution in [2.24, 2.45) is 5.92 Å². The number of ether oxygens (including phenoxy) is 1. The molecule has 1 saturated heterocycles. The third kappa shape index (κ3) is 5.29. The van der Waals surface area contributed by atoms with Crippen LogP contribution in [0.3, 0.4) is 0 Å². The fourth-order valence-electron chi connectivity index (χ4n) is 4.41. The standard InChI is InChI=1S/C25H37N3O3/c1-6-28-21(16-27-14-12-18(5)13-15-27)22(24(29)31-7-2)23(26-25(28)30)20-10-8-19(9-11-20)17(3)4/h8-11,17-18,23H,6-7,12-16H2,1-5H3,(H,26,30)/t23-/m1/s1. The molecule has 2 aliphatic heterocycles. The minimum Gasteiger partial charge on any atom is -0.463 e. The van der Waals surface area contributed by atoms with E-state index in [1.807, 2.05) is 26.0 Å². The number of hydrogen-bond donors (Lipinski definition) is 1. The largest absolute Gasteiger partial charge is 0.463 e. The molecule has 1 atom stereocenters. The average molecular weight is 428 g/mol. The van der Waals surface area contributed by atoms with Gasteiger partial charge in [-0.15, -0.1) is 0 Å². The lowest BCUT2D eigenvalue weighted by Gasteiger charge is -2.39. The number of likely N-dealkylation sites (tertiary alicyclic amines) is 1. The van der Waals surface area contributed by atoms with Crippen molar-refractivity contribution in [1.29, 1.82) is 0 Å². The van der Waals surface area contributed by atoms with Crippen LogP contribution < -0.4 is 5.32 Å². The third-order valence-corrected chi connectivity index (χ3v) is 6.44. The Labute approximate surface area is 186 Å². The van der Waals surface area contributed by atoms with E-state index in [9.17, 15) is 9.59 Å². The topological polar surface area (TPSA) is 61.9 Å². The van der Waals surface area contributed by atoms with Crippen molar-refractivity contribution < 1.29 is 14.3 Å². The number of urea groups is 1. The first-order chi connectivity index (χ1) is 14.8. The molecule has 3 rings (SSSR count). The van der Waals surface area contributed by atoms with Crippen molar-refractivity contribution in [2.75, 3.05) is 32.8 Å². The van der Waals surface area contributed by atoms with Gasteiger partial charge in [-0.25, -0.2) is 9.59 Å². The molecule has 2 aliphatic rings. The Morgan fingerprint density at radius 3 is 2.35 bits per heavy atom. The highest BCUT2D eigenvalue weighted by Gasteiger charge is 2.38. The van der Waals surface area contributed by atoms with Crippen molar-refractivity contribution in [1.82, 2.24) is 15.1 Å². The smallest absolute Gasteiger partial charge is 0.338 e. The molecule has 1 fully saturated rings. The van der Waals surface area contributed by atoms with E-state index in [2.05, 4.69) is 43.1 Å². The first kappa shape index (κ1) is 23.3. The molecule has 0 bridgehead atoms. The molecule has 0 radical (unpaired) electrons. The normalized spacial score (nSPS) is 20.9. The lowest BCUT2D eigenvalue weighted by atomic mass is 9.91. The number of hydrogen-bond acceptors (Lipinski definition) is 4. The van der Waals surface area contributed by atoms with Crippen molar-refractivity contribution in [3.63, 3.8) is 0 Å². The Kier molecular flexibility index (Phi) is 7.76. The van der Waals surface area contributed by atoms with Gasteiger partial charge in [-0.3, -0.25) is 9.80 Å². The minimum absolute atomic E-state index is 0.158. The molecular weight excluding hydrogens is 390 g/mol. The van der Waals surface area contributed by atoms with Gasteiger partial charge in [-0.1, -0.05) is 45.0 Å². The first-order valence-electron chi connectivity index (χ1n) is 11.7. The van der Waals surface area contributed by atoms with Gasteiger partial charge < -0.3 is 10.1 Å². The summed E-state index contributed by atoms with van der Waals surface area (Å²) in [7, 11) is 0. The molecular formula is C25H37N3O3. The number of likely N-dealkylation sites (N-methyl/N-ethyl adjacent to an activating group) is 1. The molecule has 0 saturated carbocycles. The second kappa shape index (κ2) is 10.3. The van der Waals surface area contributed by atoms with Crippen LogP contribution in [0.25, 0.3) is 0 Å². The average Bonchev–Trinajstić information content (AvgIpc) is 2.75. The number of amides is 2. The maximum absolute atomic E-state index is 13.2. The molecule has 6 heteroatoms. The van der Waals surface area contributed by atoms with Gasteiger partial charge in [0.05, 0.1) is 18.2 Å². The highest BCUT2D eigenvalue weighted by molar-refractivity contribution is 5.95. The molecule has 2 heterocycles. The number of benzene rings is 1. The van der Waals surface area contributed by atoms with Crippen LogP contribution in [-0.2, 0) is 9.53 Å². The second-order valence-corrected chi connectivity index (χ2v) is 8.99. The van der Waals surface area contributed by atoms with Crippen LogP contribution in [0.2, 0.25) is 0 Å². The molecule has 0 aromatic heterocycles. The SMILES string of the molecule is CCOC(=O)C1=C(CN2CCC(C)CC2)N(CC)C(=O)N[C@@H]1c1ccc(C(C)C)cc1. The Bertz CT molecular complexity index is 808. The maximum atomic E-state index is 13.2. The third-order valence-electron chi connectivity index (χ3n) is 6.44. The number of nitrogens with one attached hydrogen (secondary N) is 1. The summed E-state index contributed by atoms with van der Waals surface area (Å²) in [6.07, 6.45) is 2.28. The van der Waals surface area contributed by atoms with Crippen LogP contribution in [0.4, 0.5) is 4.79 Å². The summed E-state index contributed by atoms with van der Waals surface area (Å²) >= 11 is 0. The molecule has 1 aromatic rings. The Morgan fingerprint density at radius 1 is 1.16 bits per heavy atom. The number of nitrogens with zero attached hydrogens (tertiary/aromatic N) is 2. The van der Waals surface area contributed by atoms with E-state index in [0.717, 1.165) is 43.1 Å². The van der Waals surface area contributed by atoms with Crippen LogP contribution in [0.15, 0.2) is 35.5 Å². The van der Waals surface area contributed by atoms with Crippen LogP contribution in [0.5, 0.6) is 0 Å². The summed E-state index contributed by atoms with van der Waals surface area (Å²) in [4.78, 5) is 30.2. The van der Waals surface area contributed by atoms with Crippen molar-refractivity contribution >= 4 is 12.0 Å². The van der Waals surface area contributed by atoms with Gasteiger partial charge in [0.1, 0.15) is 0 Å². The highest BCUT2D eigenvalue weighted by atomic mass is 16.5. The quantitative estimate of drug-likeness (QED) is 0.653. The molecule has 1 N–H and O–H groups in total. The molecule has 0 unspecified atom stereocenters. The zero-order valence-electron chi connectivity index (χ0n) is 19.6. The van der Waals surface area contributed by atoms with Crippen molar-refractivity contribution in [3.8, 4) is 0 Å². The highest BCUT2D eigenvalue weighted by Crippen LogP contribution is 2.33. The minimum atomic E-state index is -0.505. The van der Waals surface area contributed by atoms with E-state index >= 15 is 0 Å². The Balaban J connectivity index is 2.03. The van der Waals surface area contributed by atoms with Gasteiger partial charge in [-0.2, -0.15) is 0 Å². The number of carbonyl (C=O) groups is 2. The van der Waals surface area contributed by atoms with E-state index in [-0.39, 0.29) is 12.0 Å². The van der Waals surface area contributed by atoms with Crippen molar-refractivity contribution in [3.05, 3.63) is 46.7 Å². The summed E-state index contributed by atoms with van der Waals surface area (Å²) in [5, 5.41) is 3.06. The Hall–Kier alpha value is -2.34. The molecule has 2 amide bonds. The van der Waals surface area contributed by atoms with Gasteiger partial charge in [0.15, 0.2) is 0 Å². The Morgan fingerprint density at radius 2 is 1.81 bits per heavy atom. The van der Waals surface area contributed by atoms with E-state index in [1.54, 1.807) is 4.90 Å². The van der Waals surface area contributed by atoms with Gasteiger partial charge >= 0.3 is 12.0 Å². The van der Waals surface area contributed by atoms with Crippen LogP contribution in [-0.4, -0.2) is 54.6 Å². The molecule has 31 heavy (non-hydrogen) atoms. The lowest BCUT2D eigenvalue weighted by molar-refractivity contribution is -0.139. The first-order valence-corrected chi connectivity index (χ1v) is 11.7. The van der Waals surface area contributed by atoms with Crippen LogP contribution in [0.1, 0.15) is 70.5 Å². The number of rotatable bonds is 7. The molecule has 0 spiro atoms. The van der Waals surface area contributed by atoms with Gasteiger partial charge in [-0.05, 0) is 62.7 Å². The predicted molar refractivity (Wildman–Crippen MR) is 123 cm³/mol. The fourth-order valence-corrected chi connectivity index (χ4v) is 4.41. The summed E-state index contributed by atoms with van der Waals surface area (Å²) in [6, 6.07) is 7.52. The van der Waals surface area contributed by atoms with Crippen LogP contribution >= 0.6 is 0 Å². The number of piperidine rings is 1. The van der Waals surface area contributed by atoms with Crippen LogP contribution in [0, 0.1) is 5.92 Å². The van der Waals surface area contributed by atoms with Gasteiger partial charge in [0.25, 0.3) is 0 Å². The molecule has 1 aromatic carbocycles. The summed E-state index contributed by atoms with van der Waals surface area (Å²) in [5.74, 6) is 0.792. The number of carbonyl (C=O) groups excluding carboxylic acids is 2. The maximum Gasteiger partial charge on any atom is 0.338 e. The van der Waals surface area contributed by atoms with E-state index in [1.165, 1.54) is 5.56 Å². The number of esters is 1. The van der Waals surface area contributed by atoms with E-state index in [4.69, 9.17) is 4.74 Å². The van der Waals surface area contributed by atoms with Gasteiger partial charge in [0, 0.05) is 18.8 Å². The fraction of sp³-hybridized carbons (Fsp3) is 0.600. The molecule has 170 valence electrons. The molecule has 6 nitrogen and oxygen atoms in total. The summed E-state index contributed by atoms with van der Waals surface area (Å²) in [6.45, 7) is 13.7. The summed E-state index contributed by atoms with van der Waals surface area (Å²) in [5.41, 5.74) is 3.46. The van der Waals surface area contributed by atoms with E-state index in [0.29, 0.717) is 31.2 Å². The monoisotopic (exact) mass is 427 g/mol. The van der Waals surface area contributed by atoms with Crippen molar-refractivity contribution in [2.45, 2.75) is 59.4 Å². The van der Waals surface area contributed by atoms with Gasteiger partial charge in [0.2, 0.25) is 0 Å². The zero-order chi connectivity index (χ0) is 22.5.